The van der Waals surface area contributed by atoms with Crippen LogP contribution in [0.1, 0.15) is 18.7 Å². The van der Waals surface area contributed by atoms with Crippen LogP contribution in [0.25, 0.3) is 0 Å². The SMILES string of the molecule is O=C(O)[C@]12CN(Cc3ncccn3)C[C@H]1CN(C1CCOCC1)C2. The van der Waals surface area contributed by atoms with E-state index in [0.29, 0.717) is 25.7 Å². The van der Waals surface area contributed by atoms with E-state index in [4.69, 9.17) is 4.74 Å². The molecular formula is C17H24N4O3. The molecule has 0 radical (unpaired) electrons. The van der Waals surface area contributed by atoms with Crippen LogP contribution in [-0.4, -0.2) is 76.3 Å². The Kier molecular flexibility index (Phi) is 4.24. The zero-order chi connectivity index (χ0) is 16.6. The Morgan fingerprint density at radius 2 is 2.00 bits per heavy atom. The summed E-state index contributed by atoms with van der Waals surface area (Å²) in [4.78, 5) is 25.3. The third kappa shape index (κ3) is 2.81. The number of likely N-dealkylation sites (tertiary alicyclic amines) is 2. The first kappa shape index (κ1) is 15.9. The van der Waals surface area contributed by atoms with E-state index >= 15 is 0 Å². The predicted octanol–water partition coefficient (Wildman–Crippen LogP) is 0.474. The van der Waals surface area contributed by atoms with E-state index < -0.39 is 11.4 Å². The molecule has 0 saturated carbocycles. The fraction of sp³-hybridized carbons (Fsp3) is 0.706. The van der Waals surface area contributed by atoms with Gasteiger partial charge in [0.2, 0.25) is 0 Å². The topological polar surface area (TPSA) is 78.8 Å². The molecule has 0 unspecified atom stereocenters. The summed E-state index contributed by atoms with van der Waals surface area (Å²) in [6.07, 6.45) is 5.51. The smallest absolute Gasteiger partial charge is 0.312 e. The van der Waals surface area contributed by atoms with E-state index in [1.807, 2.05) is 0 Å². The van der Waals surface area contributed by atoms with Gasteiger partial charge in [-0.05, 0) is 18.9 Å². The molecule has 4 heterocycles. The molecule has 7 heteroatoms. The maximum Gasteiger partial charge on any atom is 0.312 e. The predicted molar refractivity (Wildman–Crippen MR) is 86.3 cm³/mol. The van der Waals surface area contributed by atoms with Gasteiger partial charge in [0.25, 0.3) is 0 Å². The van der Waals surface area contributed by atoms with Crippen LogP contribution >= 0.6 is 0 Å². The van der Waals surface area contributed by atoms with E-state index in [1.165, 1.54) is 0 Å². The maximum atomic E-state index is 12.1. The Balaban J connectivity index is 1.46. The Hall–Kier alpha value is -1.57. The van der Waals surface area contributed by atoms with Crippen molar-refractivity contribution in [1.29, 1.82) is 0 Å². The van der Waals surface area contributed by atoms with Crippen molar-refractivity contribution in [2.24, 2.45) is 11.3 Å². The minimum atomic E-state index is -0.654. The number of hydrogen-bond acceptors (Lipinski definition) is 6. The third-order valence-electron chi connectivity index (χ3n) is 5.82. The third-order valence-corrected chi connectivity index (χ3v) is 5.82. The number of rotatable bonds is 4. The molecule has 3 aliphatic rings. The van der Waals surface area contributed by atoms with Crippen molar-refractivity contribution in [2.45, 2.75) is 25.4 Å². The number of carboxylic acid groups (broad SMARTS) is 1. The summed E-state index contributed by atoms with van der Waals surface area (Å²) in [5, 5.41) is 9.96. The van der Waals surface area contributed by atoms with Crippen molar-refractivity contribution in [1.82, 2.24) is 19.8 Å². The summed E-state index contributed by atoms with van der Waals surface area (Å²) < 4.78 is 5.44. The lowest BCUT2D eigenvalue weighted by atomic mass is 9.81. The van der Waals surface area contributed by atoms with Crippen LogP contribution in [0.2, 0.25) is 0 Å². The van der Waals surface area contributed by atoms with Gasteiger partial charge in [-0.2, -0.15) is 0 Å². The fourth-order valence-electron chi connectivity index (χ4n) is 4.57. The van der Waals surface area contributed by atoms with Gasteiger partial charge in [0.1, 0.15) is 5.82 Å². The number of aromatic nitrogens is 2. The molecule has 0 aliphatic carbocycles. The quantitative estimate of drug-likeness (QED) is 0.859. The van der Waals surface area contributed by atoms with Crippen LogP contribution in [0.3, 0.4) is 0 Å². The van der Waals surface area contributed by atoms with Crippen molar-refractivity contribution < 1.29 is 14.6 Å². The van der Waals surface area contributed by atoms with Crippen LogP contribution in [0.15, 0.2) is 18.5 Å². The number of carbonyl (C=O) groups is 1. The second-order valence-corrected chi connectivity index (χ2v) is 7.27. The van der Waals surface area contributed by atoms with Gasteiger partial charge in [-0.3, -0.25) is 14.6 Å². The zero-order valence-electron chi connectivity index (χ0n) is 13.8. The summed E-state index contributed by atoms with van der Waals surface area (Å²) in [5.74, 6) is 0.291. The van der Waals surface area contributed by atoms with Crippen molar-refractivity contribution in [3.63, 3.8) is 0 Å². The maximum absolute atomic E-state index is 12.1. The Morgan fingerprint density at radius 1 is 1.25 bits per heavy atom. The number of ether oxygens (including phenoxy) is 1. The largest absolute Gasteiger partial charge is 0.481 e. The Bertz CT molecular complexity index is 593. The van der Waals surface area contributed by atoms with Crippen molar-refractivity contribution in [2.75, 3.05) is 39.4 Å². The average Bonchev–Trinajstić information content (AvgIpc) is 3.11. The molecule has 0 spiro atoms. The first-order valence-electron chi connectivity index (χ1n) is 8.71. The molecule has 3 fully saturated rings. The lowest BCUT2D eigenvalue weighted by Crippen LogP contribution is -2.44. The lowest BCUT2D eigenvalue weighted by molar-refractivity contribution is -0.149. The van der Waals surface area contributed by atoms with Gasteiger partial charge < -0.3 is 9.84 Å². The van der Waals surface area contributed by atoms with E-state index in [1.54, 1.807) is 18.5 Å². The summed E-state index contributed by atoms with van der Waals surface area (Å²) >= 11 is 0. The first-order chi connectivity index (χ1) is 11.7. The van der Waals surface area contributed by atoms with Crippen LogP contribution < -0.4 is 0 Å². The highest BCUT2D eigenvalue weighted by Gasteiger charge is 2.58. The number of nitrogens with zero attached hydrogens (tertiary/aromatic N) is 4. The van der Waals surface area contributed by atoms with E-state index in [0.717, 1.165) is 45.0 Å². The van der Waals surface area contributed by atoms with Crippen LogP contribution in [0.5, 0.6) is 0 Å². The zero-order valence-corrected chi connectivity index (χ0v) is 13.8. The van der Waals surface area contributed by atoms with Crippen LogP contribution in [-0.2, 0) is 16.1 Å². The molecule has 1 N–H and O–H groups in total. The fourth-order valence-corrected chi connectivity index (χ4v) is 4.57. The second-order valence-electron chi connectivity index (χ2n) is 7.27. The van der Waals surface area contributed by atoms with E-state index in [-0.39, 0.29) is 5.92 Å². The monoisotopic (exact) mass is 332 g/mol. The van der Waals surface area contributed by atoms with Gasteiger partial charge in [-0.25, -0.2) is 9.97 Å². The van der Waals surface area contributed by atoms with Crippen LogP contribution in [0, 0.1) is 11.3 Å². The Morgan fingerprint density at radius 3 is 2.67 bits per heavy atom. The molecule has 2 atom stereocenters. The number of hydrogen-bond donors (Lipinski definition) is 1. The van der Waals surface area contributed by atoms with Gasteiger partial charge in [0.05, 0.1) is 12.0 Å². The highest BCUT2D eigenvalue weighted by Crippen LogP contribution is 2.44. The molecule has 3 aliphatic heterocycles. The van der Waals surface area contributed by atoms with E-state index in [2.05, 4.69) is 19.8 Å². The first-order valence-corrected chi connectivity index (χ1v) is 8.71. The molecule has 4 rings (SSSR count). The molecule has 1 aromatic rings. The summed E-state index contributed by atoms with van der Waals surface area (Å²) in [7, 11) is 0. The summed E-state index contributed by atoms with van der Waals surface area (Å²) in [6.45, 7) is 5.15. The molecule has 130 valence electrons. The minimum Gasteiger partial charge on any atom is -0.481 e. The van der Waals surface area contributed by atoms with Gasteiger partial charge in [0.15, 0.2) is 0 Å². The molecular weight excluding hydrogens is 308 g/mol. The van der Waals surface area contributed by atoms with Gasteiger partial charge in [0, 0.05) is 63.7 Å². The molecule has 1 aromatic heterocycles. The second kappa shape index (κ2) is 6.38. The van der Waals surface area contributed by atoms with Crippen molar-refractivity contribution in [3.8, 4) is 0 Å². The molecule has 0 bridgehead atoms. The molecule has 24 heavy (non-hydrogen) atoms. The molecule has 3 saturated heterocycles. The standard InChI is InChI=1S/C17H24N4O3/c22-16(23)17-11-20(10-15-18-4-1-5-19-15)8-13(17)9-21(12-17)14-2-6-24-7-3-14/h1,4-5,13-14H,2-3,6-12H2,(H,22,23)/t13-,17-/m0/s1. The van der Waals surface area contributed by atoms with E-state index in [9.17, 15) is 9.90 Å². The lowest BCUT2D eigenvalue weighted by Gasteiger charge is -2.33. The highest BCUT2D eigenvalue weighted by atomic mass is 16.5. The van der Waals surface area contributed by atoms with Crippen LogP contribution in [0.4, 0.5) is 0 Å². The number of carboxylic acids is 1. The van der Waals surface area contributed by atoms with Gasteiger partial charge >= 0.3 is 5.97 Å². The normalized spacial score (nSPS) is 32.1. The highest BCUT2D eigenvalue weighted by molar-refractivity contribution is 5.77. The molecule has 0 aromatic carbocycles. The van der Waals surface area contributed by atoms with Crippen molar-refractivity contribution in [3.05, 3.63) is 24.3 Å². The molecule has 0 amide bonds. The number of fused-ring (bicyclic) bond motifs is 1. The van der Waals surface area contributed by atoms with Gasteiger partial charge in [-0.1, -0.05) is 0 Å². The summed E-state index contributed by atoms with van der Waals surface area (Å²) in [6, 6.07) is 2.28. The van der Waals surface area contributed by atoms with Crippen molar-refractivity contribution >= 4 is 5.97 Å². The summed E-state index contributed by atoms with van der Waals surface area (Å²) in [5.41, 5.74) is -0.646. The van der Waals surface area contributed by atoms with Gasteiger partial charge in [-0.15, -0.1) is 0 Å². The average molecular weight is 332 g/mol. The number of aliphatic carboxylic acids is 1. The minimum absolute atomic E-state index is 0.182. The molecule has 7 nitrogen and oxygen atoms in total. The Labute approximate surface area is 141 Å².